The molecule has 0 aliphatic rings. The van der Waals surface area contributed by atoms with E-state index in [2.05, 4.69) is 20.5 Å². The number of H-pyrrole nitrogens is 1. The first-order chi connectivity index (χ1) is 17.8. The number of aromatic amines is 1. The van der Waals surface area contributed by atoms with E-state index in [1.165, 1.54) is 6.20 Å². The third kappa shape index (κ3) is 6.27. The van der Waals surface area contributed by atoms with Crippen molar-refractivity contribution in [3.63, 3.8) is 0 Å². The Morgan fingerprint density at radius 2 is 1.84 bits per heavy atom. The lowest BCUT2D eigenvalue weighted by Crippen LogP contribution is -2.16. The molecule has 3 N–H and O–H groups in total. The predicted molar refractivity (Wildman–Crippen MR) is 135 cm³/mol. The van der Waals surface area contributed by atoms with Gasteiger partial charge in [-0.3, -0.25) is 5.10 Å². The molecule has 0 aliphatic carbocycles. The van der Waals surface area contributed by atoms with Crippen molar-refractivity contribution in [1.82, 2.24) is 20.1 Å². The van der Waals surface area contributed by atoms with Gasteiger partial charge in [-0.25, -0.2) is 0 Å². The summed E-state index contributed by atoms with van der Waals surface area (Å²) in [6.07, 6.45) is -6.57. The number of halogens is 6. The van der Waals surface area contributed by atoms with Crippen LogP contribution in [0.1, 0.15) is 33.6 Å². The molecule has 4 rings (SSSR count). The largest absolute Gasteiger partial charge is 0.492 e. The molecule has 202 valence electrons. The van der Waals surface area contributed by atoms with Crippen molar-refractivity contribution < 1.29 is 31.4 Å². The first-order valence-corrected chi connectivity index (χ1v) is 12.2. The summed E-state index contributed by atoms with van der Waals surface area (Å²) in [4.78, 5) is 6.27. The molecule has 0 bridgehead atoms. The fourth-order valence-corrected chi connectivity index (χ4v) is 4.73. The van der Waals surface area contributed by atoms with Crippen LogP contribution >= 0.6 is 11.3 Å². The molecule has 0 atom stereocenters. The number of thiazole rings is 1. The van der Waals surface area contributed by atoms with Crippen LogP contribution in [-0.4, -0.2) is 52.4 Å². The molecule has 0 amide bonds. The van der Waals surface area contributed by atoms with Crippen molar-refractivity contribution >= 4 is 39.0 Å². The van der Waals surface area contributed by atoms with E-state index >= 15 is 0 Å². The van der Waals surface area contributed by atoms with E-state index in [9.17, 15) is 31.4 Å². The highest BCUT2D eigenvalue weighted by Gasteiger charge is 2.38. The summed E-state index contributed by atoms with van der Waals surface area (Å²) in [6, 6.07) is 6.41. The van der Waals surface area contributed by atoms with Gasteiger partial charge in [-0.05, 0) is 68.5 Å². The summed E-state index contributed by atoms with van der Waals surface area (Å²) in [6.45, 7) is 1.35. The Morgan fingerprint density at radius 1 is 1.08 bits per heavy atom. The van der Waals surface area contributed by atoms with Crippen molar-refractivity contribution in [3.8, 4) is 5.88 Å². The molecule has 0 unspecified atom stereocenters. The molecule has 2 aromatic heterocycles. The number of aromatic hydroxyl groups is 1. The predicted octanol–water partition coefficient (Wildman–Crippen LogP) is 6.72. The van der Waals surface area contributed by atoms with Crippen LogP contribution in [0.25, 0.3) is 22.6 Å². The number of hydrogen-bond acceptors (Lipinski definition) is 6. The Labute approximate surface area is 217 Å². The molecule has 0 aliphatic heterocycles. The Bertz CT molecular complexity index is 1450. The monoisotopic (exact) mass is 555 g/mol. The molecule has 0 saturated heterocycles. The summed E-state index contributed by atoms with van der Waals surface area (Å²) in [5.41, 5.74) is -2.08. The number of rotatable bonds is 8. The lowest BCUT2D eigenvalue weighted by Gasteiger charge is -2.15. The van der Waals surface area contributed by atoms with Crippen LogP contribution in [0.3, 0.4) is 0 Å². The molecular weight excluding hydrogens is 532 g/mol. The minimum Gasteiger partial charge on any atom is -0.492 e. The van der Waals surface area contributed by atoms with Gasteiger partial charge in [-0.1, -0.05) is 23.5 Å². The number of hydrogen-bond donors (Lipinski definition) is 3. The van der Waals surface area contributed by atoms with Crippen molar-refractivity contribution in [2.75, 3.05) is 32.5 Å². The van der Waals surface area contributed by atoms with Gasteiger partial charge >= 0.3 is 12.4 Å². The second kappa shape index (κ2) is 10.7. The number of aromatic nitrogens is 3. The van der Waals surface area contributed by atoms with Gasteiger partial charge in [0, 0.05) is 17.5 Å². The number of fused-ring (bicyclic) bond motifs is 1. The van der Waals surface area contributed by atoms with Gasteiger partial charge < -0.3 is 15.3 Å². The Kier molecular flexibility index (Phi) is 7.70. The molecule has 2 aromatic carbocycles. The van der Waals surface area contributed by atoms with Crippen LogP contribution in [0.15, 0.2) is 42.6 Å². The topological polar surface area (TPSA) is 77.1 Å². The van der Waals surface area contributed by atoms with Gasteiger partial charge in [0.15, 0.2) is 5.13 Å². The van der Waals surface area contributed by atoms with Crippen LogP contribution in [0, 0.1) is 0 Å². The third-order valence-corrected chi connectivity index (χ3v) is 6.68. The molecular formula is C25H23F6N5OS. The van der Waals surface area contributed by atoms with Crippen LogP contribution in [0.5, 0.6) is 5.88 Å². The molecule has 13 heteroatoms. The summed E-state index contributed by atoms with van der Waals surface area (Å²) < 4.78 is 81.2. The number of benzene rings is 2. The van der Waals surface area contributed by atoms with Crippen molar-refractivity contribution in [2.24, 2.45) is 0 Å². The van der Waals surface area contributed by atoms with Crippen LogP contribution in [0.4, 0.5) is 31.5 Å². The van der Waals surface area contributed by atoms with Gasteiger partial charge in [-0.2, -0.15) is 36.4 Å². The zero-order chi connectivity index (χ0) is 27.7. The standard InChI is InChI=1S/C25H23F6N5OS/c1-36(2)9-3-8-32-23-34-22(37)21(38-23)18(14-5-7-20-16(10-14)13-33-35-20)11-15-4-6-17(24(26,27)28)12-19(15)25(29,30)31/h4-7,10-13,37H,3,8-9H2,1-2H3,(H,32,34)(H,33,35). The minimum atomic E-state index is -5.05. The normalized spacial score (nSPS) is 13.0. The van der Waals surface area contributed by atoms with E-state index in [0.717, 1.165) is 36.4 Å². The van der Waals surface area contributed by atoms with E-state index in [0.29, 0.717) is 34.2 Å². The Hall–Kier alpha value is -3.58. The maximum Gasteiger partial charge on any atom is 0.417 e. The lowest BCUT2D eigenvalue weighted by molar-refractivity contribution is -0.143. The highest BCUT2D eigenvalue weighted by molar-refractivity contribution is 7.17. The average Bonchev–Trinajstić information content (AvgIpc) is 3.44. The van der Waals surface area contributed by atoms with Crippen LogP contribution < -0.4 is 5.32 Å². The van der Waals surface area contributed by atoms with Crippen LogP contribution in [0.2, 0.25) is 0 Å². The molecule has 2 heterocycles. The molecule has 6 nitrogen and oxygen atoms in total. The zero-order valence-corrected chi connectivity index (χ0v) is 21.0. The molecule has 4 aromatic rings. The maximum absolute atomic E-state index is 13.9. The van der Waals surface area contributed by atoms with Gasteiger partial charge in [0.2, 0.25) is 5.88 Å². The molecule has 0 saturated carbocycles. The van der Waals surface area contributed by atoms with Gasteiger partial charge in [0.1, 0.15) is 4.88 Å². The first kappa shape index (κ1) is 27.5. The average molecular weight is 556 g/mol. The number of nitrogens with zero attached hydrogens (tertiary/aromatic N) is 3. The summed E-state index contributed by atoms with van der Waals surface area (Å²) >= 11 is 1.03. The van der Waals surface area contributed by atoms with Gasteiger partial charge in [0.05, 0.1) is 22.8 Å². The first-order valence-electron chi connectivity index (χ1n) is 11.4. The van der Waals surface area contributed by atoms with Crippen molar-refractivity contribution in [3.05, 3.63) is 69.7 Å². The Morgan fingerprint density at radius 3 is 2.53 bits per heavy atom. The summed E-state index contributed by atoms with van der Waals surface area (Å²) in [5.74, 6) is -0.413. The lowest BCUT2D eigenvalue weighted by atomic mass is 9.96. The van der Waals surface area contributed by atoms with E-state index < -0.39 is 34.9 Å². The van der Waals surface area contributed by atoms with Gasteiger partial charge in [-0.15, -0.1) is 0 Å². The minimum absolute atomic E-state index is 0.0903. The second-order valence-corrected chi connectivity index (χ2v) is 9.78. The van der Waals surface area contributed by atoms with Crippen LogP contribution in [-0.2, 0) is 12.4 Å². The van der Waals surface area contributed by atoms with Crippen molar-refractivity contribution in [2.45, 2.75) is 18.8 Å². The number of anilines is 1. The SMILES string of the molecule is CN(C)CCCNc1nc(O)c(C(=Cc2ccc(C(F)(F)F)cc2C(F)(F)F)c2ccc3[nH]ncc3c2)s1. The van der Waals surface area contributed by atoms with E-state index in [1.54, 1.807) is 18.2 Å². The van der Waals surface area contributed by atoms with Crippen molar-refractivity contribution in [1.29, 1.82) is 0 Å². The van der Waals surface area contributed by atoms with E-state index in [4.69, 9.17) is 0 Å². The van der Waals surface area contributed by atoms with E-state index in [1.807, 2.05) is 19.0 Å². The highest BCUT2D eigenvalue weighted by atomic mass is 32.1. The molecule has 0 fully saturated rings. The summed E-state index contributed by atoms with van der Waals surface area (Å²) in [5, 5.41) is 21.5. The molecule has 0 spiro atoms. The quantitative estimate of drug-likeness (QED) is 0.128. The number of alkyl halides is 6. The van der Waals surface area contributed by atoms with E-state index in [-0.39, 0.29) is 16.5 Å². The molecule has 0 radical (unpaired) electrons. The zero-order valence-electron chi connectivity index (χ0n) is 20.2. The smallest absolute Gasteiger partial charge is 0.417 e. The number of nitrogens with one attached hydrogen (secondary N) is 2. The fourth-order valence-electron chi connectivity index (χ4n) is 3.80. The second-order valence-electron chi connectivity index (χ2n) is 8.78. The molecule has 38 heavy (non-hydrogen) atoms. The van der Waals surface area contributed by atoms with Gasteiger partial charge in [0.25, 0.3) is 0 Å². The highest BCUT2D eigenvalue weighted by Crippen LogP contribution is 2.42. The Balaban J connectivity index is 1.83. The third-order valence-electron chi connectivity index (χ3n) is 5.65. The maximum atomic E-state index is 13.9. The summed E-state index contributed by atoms with van der Waals surface area (Å²) in [7, 11) is 3.86. The fraction of sp³-hybridized carbons (Fsp3) is 0.280.